The zero-order valence-corrected chi connectivity index (χ0v) is 18.4. The third kappa shape index (κ3) is 4.78. The number of aromatic amines is 1. The first-order chi connectivity index (χ1) is 15.8. The molecule has 0 bridgehead atoms. The van der Waals surface area contributed by atoms with Crippen LogP contribution in [-0.2, 0) is 6.42 Å². The van der Waals surface area contributed by atoms with Gasteiger partial charge in [-0.3, -0.25) is 10.1 Å². The molecule has 0 amide bonds. The summed E-state index contributed by atoms with van der Waals surface area (Å²) in [6.45, 7) is 0.334. The van der Waals surface area contributed by atoms with Crippen LogP contribution in [0, 0.1) is 10.1 Å². The number of hydrogen-bond donors (Lipinski definition) is 4. The summed E-state index contributed by atoms with van der Waals surface area (Å²) < 4.78 is 0. The number of rotatable bonds is 7. The van der Waals surface area contributed by atoms with Crippen LogP contribution in [0.4, 0.5) is 23.3 Å². The molecule has 4 aromatic rings. The Bertz CT molecular complexity index is 1330. The lowest BCUT2D eigenvalue weighted by Gasteiger charge is -2.12. The first-order valence-electron chi connectivity index (χ1n) is 9.59. The summed E-state index contributed by atoms with van der Waals surface area (Å²) in [5, 5.41) is 15.1. The van der Waals surface area contributed by atoms with Gasteiger partial charge in [-0.1, -0.05) is 23.2 Å². The number of nitro groups is 1. The Morgan fingerprint density at radius 3 is 2.61 bits per heavy atom. The quantitative estimate of drug-likeness (QED) is 0.223. The summed E-state index contributed by atoms with van der Waals surface area (Å²) in [6, 6.07) is 6.43. The van der Waals surface area contributed by atoms with Crippen molar-refractivity contribution >= 4 is 46.5 Å². The van der Waals surface area contributed by atoms with E-state index in [9.17, 15) is 10.1 Å². The first-order valence-corrected chi connectivity index (χ1v) is 10.3. The van der Waals surface area contributed by atoms with Gasteiger partial charge >= 0.3 is 5.69 Å². The molecule has 3 heterocycles. The molecule has 0 atom stereocenters. The number of nitrogen functional groups attached to an aromatic ring is 2. The third-order valence-corrected chi connectivity index (χ3v) is 5.29. The molecule has 11 nitrogen and oxygen atoms in total. The van der Waals surface area contributed by atoms with E-state index in [0.717, 1.165) is 0 Å². The molecule has 6 N–H and O–H groups in total. The molecule has 3 aromatic heterocycles. The van der Waals surface area contributed by atoms with Crippen molar-refractivity contribution in [2.45, 2.75) is 6.42 Å². The summed E-state index contributed by atoms with van der Waals surface area (Å²) in [5.41, 5.74) is 13.5. The zero-order chi connectivity index (χ0) is 23.5. The second kappa shape index (κ2) is 9.27. The number of nitrogens with one attached hydrogen (secondary N) is 2. The standard InChI is InChI=1S/C20H17Cl2N9O2/c21-11-1-2-12(14(22)8-11)16-13(19-25-5-6-26-19)9-28-20(29-16)27-4-3-10-7-15(31(32)33)18(24)30-17(10)23/h1-2,5-9H,3-4H2,(H,25,26)(H4,23,24,30)(H,27,28,29). The number of pyridine rings is 1. The molecule has 0 radical (unpaired) electrons. The van der Waals surface area contributed by atoms with Gasteiger partial charge in [0.05, 0.1) is 21.2 Å². The van der Waals surface area contributed by atoms with E-state index in [1.54, 1.807) is 36.8 Å². The number of halogens is 2. The highest BCUT2D eigenvalue weighted by Gasteiger charge is 2.18. The van der Waals surface area contributed by atoms with Gasteiger partial charge in [-0.25, -0.2) is 19.9 Å². The highest BCUT2D eigenvalue weighted by molar-refractivity contribution is 6.36. The van der Waals surface area contributed by atoms with Crippen molar-refractivity contribution in [3.8, 4) is 22.6 Å². The van der Waals surface area contributed by atoms with E-state index < -0.39 is 4.92 Å². The van der Waals surface area contributed by atoms with Gasteiger partial charge in [0.1, 0.15) is 11.6 Å². The molecule has 0 fully saturated rings. The van der Waals surface area contributed by atoms with E-state index in [4.69, 9.17) is 34.7 Å². The van der Waals surface area contributed by atoms with Gasteiger partial charge in [0, 0.05) is 47.4 Å². The fraction of sp³-hybridized carbons (Fsp3) is 0.100. The minimum absolute atomic E-state index is 0.127. The molecular formula is C20H17Cl2N9O2. The number of imidazole rings is 1. The Kier molecular flexibility index (Phi) is 6.24. The van der Waals surface area contributed by atoms with E-state index in [2.05, 4.69) is 30.2 Å². The summed E-state index contributed by atoms with van der Waals surface area (Å²) in [4.78, 5) is 30.7. The van der Waals surface area contributed by atoms with Crippen LogP contribution >= 0.6 is 23.2 Å². The van der Waals surface area contributed by atoms with Crippen molar-refractivity contribution in [2.24, 2.45) is 0 Å². The number of nitrogens with zero attached hydrogens (tertiary/aromatic N) is 5. The fourth-order valence-corrected chi connectivity index (χ4v) is 3.66. The second-order valence-corrected chi connectivity index (χ2v) is 7.73. The Labute approximate surface area is 197 Å². The topological polar surface area (TPSA) is 175 Å². The monoisotopic (exact) mass is 485 g/mol. The minimum Gasteiger partial charge on any atom is -0.383 e. The van der Waals surface area contributed by atoms with Crippen LogP contribution in [0.5, 0.6) is 0 Å². The van der Waals surface area contributed by atoms with Crippen LogP contribution in [0.2, 0.25) is 10.0 Å². The van der Waals surface area contributed by atoms with Crippen molar-refractivity contribution in [2.75, 3.05) is 23.3 Å². The van der Waals surface area contributed by atoms with Crippen LogP contribution in [0.3, 0.4) is 0 Å². The van der Waals surface area contributed by atoms with E-state index >= 15 is 0 Å². The predicted molar refractivity (Wildman–Crippen MR) is 127 cm³/mol. The fourth-order valence-electron chi connectivity index (χ4n) is 3.17. The number of aromatic nitrogens is 5. The molecule has 0 spiro atoms. The average Bonchev–Trinajstić information content (AvgIpc) is 3.29. The zero-order valence-electron chi connectivity index (χ0n) is 16.9. The van der Waals surface area contributed by atoms with Gasteiger partial charge in [0.25, 0.3) is 0 Å². The molecular weight excluding hydrogens is 469 g/mol. The SMILES string of the molecule is Nc1nc(N)c([N+](=O)[O-])cc1CCNc1ncc(-c2ncc[nH]2)c(-c2ccc(Cl)cc2Cl)n1. The Morgan fingerprint density at radius 1 is 1.09 bits per heavy atom. The van der Waals surface area contributed by atoms with Crippen LogP contribution in [0.1, 0.15) is 5.56 Å². The maximum atomic E-state index is 11.1. The molecule has 0 aliphatic heterocycles. The molecule has 0 unspecified atom stereocenters. The Hall–Kier alpha value is -3.96. The van der Waals surface area contributed by atoms with Crippen molar-refractivity contribution in [3.05, 3.63) is 68.6 Å². The second-order valence-electron chi connectivity index (χ2n) is 6.89. The summed E-state index contributed by atoms with van der Waals surface area (Å²) in [6.07, 6.45) is 5.27. The van der Waals surface area contributed by atoms with E-state index in [-0.39, 0.29) is 17.3 Å². The third-order valence-electron chi connectivity index (χ3n) is 4.75. The van der Waals surface area contributed by atoms with Crippen molar-refractivity contribution in [3.63, 3.8) is 0 Å². The van der Waals surface area contributed by atoms with E-state index in [1.807, 2.05) is 0 Å². The van der Waals surface area contributed by atoms with Gasteiger partial charge in [-0.15, -0.1) is 0 Å². The van der Waals surface area contributed by atoms with Crippen LogP contribution in [-0.4, -0.2) is 36.4 Å². The highest BCUT2D eigenvalue weighted by Crippen LogP contribution is 2.35. The Balaban J connectivity index is 1.61. The van der Waals surface area contributed by atoms with Crippen molar-refractivity contribution in [1.29, 1.82) is 0 Å². The smallest absolute Gasteiger partial charge is 0.311 e. The Morgan fingerprint density at radius 2 is 1.91 bits per heavy atom. The van der Waals surface area contributed by atoms with Gasteiger partial charge < -0.3 is 21.8 Å². The van der Waals surface area contributed by atoms with E-state index in [0.29, 0.717) is 57.2 Å². The van der Waals surface area contributed by atoms with Crippen LogP contribution in [0.25, 0.3) is 22.6 Å². The highest BCUT2D eigenvalue weighted by atomic mass is 35.5. The molecule has 4 rings (SSSR count). The largest absolute Gasteiger partial charge is 0.383 e. The van der Waals surface area contributed by atoms with Gasteiger partial charge in [-0.05, 0) is 24.6 Å². The van der Waals surface area contributed by atoms with Crippen molar-refractivity contribution < 1.29 is 4.92 Å². The van der Waals surface area contributed by atoms with Crippen molar-refractivity contribution in [1.82, 2.24) is 24.9 Å². The number of hydrogen-bond acceptors (Lipinski definition) is 9. The van der Waals surface area contributed by atoms with E-state index in [1.165, 1.54) is 6.07 Å². The van der Waals surface area contributed by atoms with Gasteiger partial charge in [-0.2, -0.15) is 0 Å². The minimum atomic E-state index is -0.600. The molecule has 0 saturated carbocycles. The van der Waals surface area contributed by atoms with Gasteiger partial charge in [0.15, 0.2) is 0 Å². The summed E-state index contributed by atoms with van der Waals surface area (Å²) >= 11 is 12.5. The predicted octanol–water partition coefficient (Wildman–Crippen LogP) is 3.96. The molecule has 1 aromatic carbocycles. The molecule has 0 aliphatic carbocycles. The molecule has 0 saturated heterocycles. The first kappa shape index (κ1) is 22.2. The normalized spacial score (nSPS) is 10.8. The molecule has 0 aliphatic rings. The average molecular weight is 486 g/mol. The lowest BCUT2D eigenvalue weighted by molar-refractivity contribution is -0.384. The maximum Gasteiger partial charge on any atom is 0.311 e. The summed E-state index contributed by atoms with van der Waals surface area (Å²) in [5.74, 6) is 0.802. The molecule has 33 heavy (non-hydrogen) atoms. The van der Waals surface area contributed by atoms with Gasteiger partial charge in [0.2, 0.25) is 11.8 Å². The molecule has 13 heteroatoms. The number of anilines is 3. The number of H-pyrrole nitrogens is 1. The van der Waals surface area contributed by atoms with Crippen LogP contribution in [0.15, 0.2) is 42.9 Å². The number of nitrogens with two attached hydrogens (primary N) is 2. The van der Waals surface area contributed by atoms with Crippen LogP contribution < -0.4 is 16.8 Å². The summed E-state index contributed by atoms with van der Waals surface area (Å²) in [7, 11) is 0. The number of benzene rings is 1. The molecule has 168 valence electrons. The lowest BCUT2D eigenvalue weighted by Crippen LogP contribution is -2.12. The lowest BCUT2D eigenvalue weighted by atomic mass is 10.1. The maximum absolute atomic E-state index is 11.1.